The summed E-state index contributed by atoms with van der Waals surface area (Å²) in [5.74, 6) is -0.540. The second-order valence-corrected chi connectivity index (χ2v) is 11.1. The van der Waals surface area contributed by atoms with E-state index in [0.29, 0.717) is 39.6 Å². The average molecular weight is 587 g/mol. The maximum absolute atomic E-state index is 14.9. The number of hydrogen-bond acceptors (Lipinski definition) is 7. The van der Waals surface area contributed by atoms with Crippen molar-refractivity contribution in [2.75, 3.05) is 31.5 Å². The Balaban J connectivity index is 1.51. The fraction of sp³-hybridized carbons (Fsp3) is 0.194. The van der Waals surface area contributed by atoms with E-state index in [-0.39, 0.29) is 17.5 Å². The Bertz CT molecular complexity index is 1850. The molecule has 3 heterocycles. The highest BCUT2D eigenvalue weighted by molar-refractivity contribution is 6.18. The standard InChI is InChI=1S/C36H30N2O6/c1-42-24-16-12-22(13-17-24)33(39)31-32(34(40)23-14-18-28(43-2)29(20-23)44-3)38-27-11-7-4-8-21(27)15-19-30(38)36(31)25-9-5-6-10-26(25)37-35(36)41/h4-20,30-32H,1-3H3,(H,37,41)/t30-,31-,32+,36-/m0/s1. The molecule has 0 aromatic heterocycles. The number of benzene rings is 4. The molecule has 7 rings (SSSR count). The number of carbonyl (C=O) groups is 3. The van der Waals surface area contributed by atoms with Crippen molar-refractivity contribution >= 4 is 34.9 Å². The molecule has 1 fully saturated rings. The van der Waals surface area contributed by atoms with Gasteiger partial charge in [-0.15, -0.1) is 0 Å². The van der Waals surface area contributed by atoms with E-state index in [4.69, 9.17) is 14.2 Å². The summed E-state index contributed by atoms with van der Waals surface area (Å²) in [5, 5.41) is 3.05. The summed E-state index contributed by atoms with van der Waals surface area (Å²) in [6, 6.07) is 25.3. The van der Waals surface area contributed by atoms with Gasteiger partial charge in [0.05, 0.1) is 33.3 Å². The van der Waals surface area contributed by atoms with Crippen LogP contribution >= 0.6 is 0 Å². The van der Waals surface area contributed by atoms with Crippen molar-refractivity contribution in [3.05, 3.63) is 119 Å². The molecule has 1 saturated heterocycles. The van der Waals surface area contributed by atoms with Crippen LogP contribution in [0, 0.1) is 5.92 Å². The zero-order chi connectivity index (χ0) is 30.6. The zero-order valence-electron chi connectivity index (χ0n) is 24.4. The number of anilines is 2. The van der Waals surface area contributed by atoms with Gasteiger partial charge >= 0.3 is 0 Å². The first-order chi connectivity index (χ1) is 21.4. The van der Waals surface area contributed by atoms with Gasteiger partial charge in [0.15, 0.2) is 23.1 Å². The van der Waals surface area contributed by atoms with Crippen molar-refractivity contribution in [1.82, 2.24) is 0 Å². The van der Waals surface area contributed by atoms with Crippen LogP contribution in [0.15, 0.2) is 97.1 Å². The minimum Gasteiger partial charge on any atom is -0.497 e. The van der Waals surface area contributed by atoms with Crippen LogP contribution in [-0.4, -0.2) is 50.9 Å². The van der Waals surface area contributed by atoms with Crippen LogP contribution < -0.4 is 24.4 Å². The summed E-state index contributed by atoms with van der Waals surface area (Å²) < 4.78 is 16.3. The van der Waals surface area contributed by atoms with Gasteiger partial charge in [0.25, 0.3) is 0 Å². The molecule has 1 amide bonds. The fourth-order valence-corrected chi connectivity index (χ4v) is 7.21. The Morgan fingerprint density at radius 2 is 1.48 bits per heavy atom. The molecular weight excluding hydrogens is 556 g/mol. The van der Waals surface area contributed by atoms with Crippen LogP contribution in [0.2, 0.25) is 0 Å². The van der Waals surface area contributed by atoms with Gasteiger partial charge in [-0.25, -0.2) is 0 Å². The van der Waals surface area contributed by atoms with Crippen LogP contribution in [0.3, 0.4) is 0 Å². The van der Waals surface area contributed by atoms with E-state index >= 15 is 0 Å². The van der Waals surface area contributed by atoms with Gasteiger partial charge in [0.2, 0.25) is 5.91 Å². The van der Waals surface area contributed by atoms with Crippen molar-refractivity contribution in [3.8, 4) is 17.2 Å². The number of ether oxygens (including phenoxy) is 3. The first kappa shape index (κ1) is 27.5. The molecule has 0 bridgehead atoms. The van der Waals surface area contributed by atoms with Crippen molar-refractivity contribution in [1.29, 1.82) is 0 Å². The zero-order valence-corrected chi connectivity index (χ0v) is 24.4. The lowest BCUT2D eigenvalue weighted by molar-refractivity contribution is -0.121. The lowest BCUT2D eigenvalue weighted by atomic mass is 9.64. The van der Waals surface area contributed by atoms with E-state index in [2.05, 4.69) is 5.32 Å². The van der Waals surface area contributed by atoms with E-state index in [0.717, 1.165) is 11.3 Å². The van der Waals surface area contributed by atoms with E-state index < -0.39 is 23.4 Å². The van der Waals surface area contributed by atoms with Gasteiger partial charge in [0.1, 0.15) is 17.2 Å². The Morgan fingerprint density at radius 3 is 2.23 bits per heavy atom. The van der Waals surface area contributed by atoms with Crippen molar-refractivity contribution in [3.63, 3.8) is 0 Å². The van der Waals surface area contributed by atoms with Gasteiger partial charge in [-0.05, 0) is 65.7 Å². The number of amides is 1. The molecule has 4 atom stereocenters. The lowest BCUT2D eigenvalue weighted by Crippen LogP contribution is -2.51. The summed E-state index contributed by atoms with van der Waals surface area (Å²) in [7, 11) is 4.59. The van der Waals surface area contributed by atoms with E-state index in [1.54, 1.807) is 49.6 Å². The maximum atomic E-state index is 14.9. The summed E-state index contributed by atoms with van der Waals surface area (Å²) in [6.45, 7) is 0. The predicted octanol–water partition coefficient (Wildman–Crippen LogP) is 5.57. The molecule has 0 unspecified atom stereocenters. The number of rotatable bonds is 7. The molecule has 4 aromatic carbocycles. The van der Waals surface area contributed by atoms with Gasteiger partial charge in [-0.2, -0.15) is 0 Å². The third-order valence-corrected chi connectivity index (χ3v) is 9.14. The van der Waals surface area contributed by atoms with Gasteiger partial charge in [-0.1, -0.05) is 48.6 Å². The highest BCUT2D eigenvalue weighted by atomic mass is 16.5. The number of Topliss-reactive ketones (excluding diaryl/α,β-unsaturated/α-hetero) is 2. The van der Waals surface area contributed by atoms with Crippen LogP contribution in [0.4, 0.5) is 11.4 Å². The third-order valence-electron chi connectivity index (χ3n) is 9.14. The van der Waals surface area contributed by atoms with Crippen molar-refractivity contribution in [2.45, 2.75) is 17.5 Å². The van der Waals surface area contributed by atoms with Gasteiger partial charge in [0, 0.05) is 22.5 Å². The molecule has 0 saturated carbocycles. The van der Waals surface area contributed by atoms with Gasteiger partial charge in [-0.3, -0.25) is 14.4 Å². The smallest absolute Gasteiger partial charge is 0.238 e. The Hall–Kier alpha value is -5.37. The van der Waals surface area contributed by atoms with Crippen molar-refractivity contribution in [2.24, 2.45) is 5.92 Å². The monoisotopic (exact) mass is 586 g/mol. The predicted molar refractivity (Wildman–Crippen MR) is 167 cm³/mol. The molecule has 1 spiro atoms. The number of nitrogens with zero attached hydrogens (tertiary/aromatic N) is 1. The Morgan fingerprint density at radius 1 is 0.773 bits per heavy atom. The Kier molecular flexibility index (Phi) is 6.50. The highest BCUT2D eigenvalue weighted by Gasteiger charge is 2.70. The minimum absolute atomic E-state index is 0.304. The molecule has 4 aromatic rings. The summed E-state index contributed by atoms with van der Waals surface area (Å²) in [5.41, 5.74) is 2.34. The molecule has 8 nitrogen and oxygen atoms in total. The molecule has 0 aliphatic carbocycles. The maximum Gasteiger partial charge on any atom is 0.238 e. The van der Waals surface area contributed by atoms with Crippen LogP contribution in [0.5, 0.6) is 17.2 Å². The average Bonchev–Trinajstić information content (AvgIpc) is 3.55. The summed E-state index contributed by atoms with van der Waals surface area (Å²) in [4.78, 5) is 46.3. The van der Waals surface area contributed by atoms with Crippen molar-refractivity contribution < 1.29 is 28.6 Å². The highest BCUT2D eigenvalue weighted by Crippen LogP contribution is 2.58. The summed E-state index contributed by atoms with van der Waals surface area (Å²) >= 11 is 0. The number of nitrogens with one attached hydrogen (secondary N) is 1. The van der Waals surface area contributed by atoms with E-state index in [9.17, 15) is 14.4 Å². The minimum atomic E-state index is -1.39. The second kappa shape index (κ2) is 10.4. The molecule has 8 heteroatoms. The van der Waals surface area contributed by atoms with Crippen LogP contribution in [-0.2, 0) is 10.2 Å². The fourth-order valence-electron chi connectivity index (χ4n) is 7.21. The lowest BCUT2D eigenvalue weighted by Gasteiger charge is -2.37. The van der Waals surface area contributed by atoms with Crippen LogP contribution in [0.1, 0.15) is 31.8 Å². The SMILES string of the molecule is COc1ccc(C(=O)[C@@H]2[C@H](C(=O)c3ccc(OC)c(OC)c3)N3c4ccccc4C=C[C@H]3[C@]23C(=O)Nc2ccccc23)cc1. The molecule has 0 radical (unpaired) electrons. The number of para-hydroxylation sites is 2. The Labute approximate surface area is 254 Å². The largest absolute Gasteiger partial charge is 0.497 e. The third kappa shape index (κ3) is 3.80. The molecule has 3 aliphatic rings. The molecule has 1 N–H and O–H groups in total. The number of carbonyl (C=O) groups excluding carboxylic acids is 3. The normalized spacial score (nSPS) is 22.6. The van der Waals surface area contributed by atoms with E-state index in [1.807, 2.05) is 65.6 Å². The summed E-state index contributed by atoms with van der Waals surface area (Å²) in [6.07, 6.45) is 3.94. The quantitative estimate of drug-likeness (QED) is 0.283. The molecule has 44 heavy (non-hydrogen) atoms. The molecule has 3 aliphatic heterocycles. The number of methoxy groups -OCH3 is 3. The van der Waals surface area contributed by atoms with E-state index in [1.165, 1.54) is 14.2 Å². The molecular formula is C36H30N2O6. The van der Waals surface area contributed by atoms with Crippen LogP contribution in [0.25, 0.3) is 6.08 Å². The number of fused-ring (bicyclic) bond motifs is 6. The first-order valence-electron chi connectivity index (χ1n) is 14.3. The number of ketones is 2. The molecule has 220 valence electrons. The first-order valence-corrected chi connectivity index (χ1v) is 14.3. The van der Waals surface area contributed by atoms with Gasteiger partial charge < -0.3 is 24.4 Å². The second-order valence-electron chi connectivity index (χ2n) is 11.1. The topological polar surface area (TPSA) is 94.2 Å². The number of hydrogen-bond donors (Lipinski definition) is 1.